The minimum absolute atomic E-state index is 0.461. The maximum Gasteiger partial charge on any atom is 0.111 e. The Kier molecular flexibility index (Phi) is 2.83. The summed E-state index contributed by atoms with van der Waals surface area (Å²) in [5.74, 6) is 0.904. The molecule has 0 bridgehead atoms. The van der Waals surface area contributed by atoms with Crippen molar-refractivity contribution in [2.45, 2.75) is 70.1 Å². The average molecular weight is 199 g/mol. The van der Waals surface area contributed by atoms with Gasteiger partial charge in [0.15, 0.2) is 0 Å². The fraction of sp³-hybridized carbons (Fsp3) is 1.00. The SMILES string of the molecule is CC1CCC(NC2CC(C)(F)C2)CC1. The van der Waals surface area contributed by atoms with Crippen LogP contribution in [0.5, 0.6) is 0 Å². The fourth-order valence-electron chi connectivity index (χ4n) is 2.85. The molecule has 0 atom stereocenters. The summed E-state index contributed by atoms with van der Waals surface area (Å²) in [6.07, 6.45) is 6.72. The summed E-state index contributed by atoms with van der Waals surface area (Å²) in [5.41, 5.74) is -0.875. The first-order valence-corrected chi connectivity index (χ1v) is 6.00. The molecule has 0 heterocycles. The Labute approximate surface area is 86.5 Å². The number of alkyl halides is 1. The molecule has 0 aromatic heterocycles. The number of halogens is 1. The number of hydrogen-bond acceptors (Lipinski definition) is 1. The third kappa shape index (κ3) is 2.47. The molecule has 0 amide bonds. The van der Waals surface area contributed by atoms with Crippen molar-refractivity contribution in [1.82, 2.24) is 5.32 Å². The zero-order valence-corrected chi connectivity index (χ0v) is 9.35. The molecule has 1 nitrogen and oxygen atoms in total. The van der Waals surface area contributed by atoms with Gasteiger partial charge in [-0.2, -0.15) is 0 Å². The van der Waals surface area contributed by atoms with E-state index in [0.29, 0.717) is 12.1 Å². The van der Waals surface area contributed by atoms with E-state index in [1.165, 1.54) is 25.7 Å². The zero-order valence-electron chi connectivity index (χ0n) is 9.35. The van der Waals surface area contributed by atoms with E-state index in [0.717, 1.165) is 18.8 Å². The van der Waals surface area contributed by atoms with Crippen molar-refractivity contribution in [3.05, 3.63) is 0 Å². The van der Waals surface area contributed by atoms with Crippen molar-refractivity contribution in [3.8, 4) is 0 Å². The van der Waals surface area contributed by atoms with Gasteiger partial charge in [-0.1, -0.05) is 6.92 Å². The first kappa shape index (κ1) is 10.4. The molecule has 0 aromatic carbocycles. The van der Waals surface area contributed by atoms with E-state index in [-0.39, 0.29) is 0 Å². The molecule has 2 rings (SSSR count). The minimum atomic E-state index is -0.875. The van der Waals surface area contributed by atoms with E-state index in [2.05, 4.69) is 12.2 Å². The van der Waals surface area contributed by atoms with Crippen LogP contribution in [0.3, 0.4) is 0 Å². The molecule has 14 heavy (non-hydrogen) atoms. The molecule has 2 heteroatoms. The number of hydrogen-bond donors (Lipinski definition) is 1. The summed E-state index contributed by atoms with van der Waals surface area (Å²) in [6.45, 7) is 4.05. The summed E-state index contributed by atoms with van der Waals surface area (Å²) in [5, 5.41) is 3.59. The van der Waals surface area contributed by atoms with Gasteiger partial charge in [0, 0.05) is 12.1 Å². The summed E-state index contributed by atoms with van der Waals surface area (Å²) in [6, 6.07) is 1.13. The quantitative estimate of drug-likeness (QED) is 0.720. The number of nitrogens with one attached hydrogen (secondary N) is 1. The van der Waals surface area contributed by atoms with Crippen LogP contribution in [0.15, 0.2) is 0 Å². The molecule has 0 aromatic rings. The van der Waals surface area contributed by atoms with Crippen molar-refractivity contribution < 1.29 is 4.39 Å². The van der Waals surface area contributed by atoms with Crippen molar-refractivity contribution in [3.63, 3.8) is 0 Å². The molecule has 0 saturated heterocycles. The highest BCUT2D eigenvalue weighted by Crippen LogP contribution is 2.36. The van der Waals surface area contributed by atoms with Crippen molar-refractivity contribution in [1.29, 1.82) is 0 Å². The van der Waals surface area contributed by atoms with Gasteiger partial charge in [-0.3, -0.25) is 0 Å². The first-order chi connectivity index (χ1) is 6.55. The third-order valence-electron chi connectivity index (χ3n) is 3.83. The summed E-state index contributed by atoms with van der Waals surface area (Å²) >= 11 is 0. The van der Waals surface area contributed by atoms with Crippen LogP contribution in [0.2, 0.25) is 0 Å². The monoisotopic (exact) mass is 199 g/mol. The molecule has 0 radical (unpaired) electrons. The summed E-state index contributed by atoms with van der Waals surface area (Å²) < 4.78 is 13.2. The average Bonchev–Trinajstić information content (AvgIpc) is 2.06. The van der Waals surface area contributed by atoms with E-state index in [1.54, 1.807) is 6.92 Å². The highest BCUT2D eigenvalue weighted by molar-refractivity contribution is 4.97. The molecular weight excluding hydrogens is 177 g/mol. The molecule has 0 unspecified atom stereocenters. The van der Waals surface area contributed by atoms with Crippen LogP contribution in [0.1, 0.15) is 52.4 Å². The van der Waals surface area contributed by atoms with Gasteiger partial charge in [0.1, 0.15) is 5.67 Å². The van der Waals surface area contributed by atoms with Crippen LogP contribution in [0.4, 0.5) is 4.39 Å². The van der Waals surface area contributed by atoms with Gasteiger partial charge in [-0.25, -0.2) is 4.39 Å². The molecule has 2 saturated carbocycles. The lowest BCUT2D eigenvalue weighted by Gasteiger charge is -2.42. The largest absolute Gasteiger partial charge is 0.311 e. The van der Waals surface area contributed by atoms with Gasteiger partial charge in [0.25, 0.3) is 0 Å². The van der Waals surface area contributed by atoms with E-state index >= 15 is 0 Å². The van der Waals surface area contributed by atoms with Gasteiger partial charge in [-0.05, 0) is 51.4 Å². The maximum atomic E-state index is 13.2. The smallest absolute Gasteiger partial charge is 0.111 e. The lowest BCUT2D eigenvalue weighted by Crippen LogP contribution is -2.53. The molecule has 1 N–H and O–H groups in total. The molecule has 82 valence electrons. The molecule has 0 spiro atoms. The van der Waals surface area contributed by atoms with Crippen LogP contribution in [-0.4, -0.2) is 17.8 Å². The van der Waals surface area contributed by atoms with Gasteiger partial charge in [-0.15, -0.1) is 0 Å². The Morgan fingerprint density at radius 1 is 1.07 bits per heavy atom. The Balaban J connectivity index is 1.67. The third-order valence-corrected chi connectivity index (χ3v) is 3.83. The molecule has 2 fully saturated rings. The van der Waals surface area contributed by atoms with Crippen LogP contribution >= 0.6 is 0 Å². The van der Waals surface area contributed by atoms with E-state index in [9.17, 15) is 4.39 Å². The second-order valence-electron chi connectivity index (χ2n) is 5.64. The summed E-state index contributed by atoms with van der Waals surface area (Å²) in [4.78, 5) is 0. The van der Waals surface area contributed by atoms with Crippen LogP contribution < -0.4 is 5.32 Å². The highest BCUT2D eigenvalue weighted by atomic mass is 19.1. The molecule has 0 aliphatic heterocycles. The fourth-order valence-corrected chi connectivity index (χ4v) is 2.85. The van der Waals surface area contributed by atoms with E-state index in [4.69, 9.17) is 0 Å². The van der Waals surface area contributed by atoms with Crippen LogP contribution in [0, 0.1) is 5.92 Å². The predicted octanol–water partition coefficient (Wildman–Crippen LogP) is 3.05. The normalized spacial score (nSPS) is 48.6. The van der Waals surface area contributed by atoms with Crippen LogP contribution in [-0.2, 0) is 0 Å². The lowest BCUT2D eigenvalue weighted by molar-refractivity contribution is 0.0395. The van der Waals surface area contributed by atoms with Gasteiger partial charge in [0.05, 0.1) is 0 Å². The van der Waals surface area contributed by atoms with E-state index in [1.807, 2.05) is 0 Å². The van der Waals surface area contributed by atoms with Crippen molar-refractivity contribution >= 4 is 0 Å². The minimum Gasteiger partial charge on any atom is -0.311 e. The zero-order chi connectivity index (χ0) is 10.2. The maximum absolute atomic E-state index is 13.2. The predicted molar refractivity (Wildman–Crippen MR) is 57.1 cm³/mol. The highest BCUT2D eigenvalue weighted by Gasteiger charge is 2.41. The summed E-state index contributed by atoms with van der Waals surface area (Å²) in [7, 11) is 0. The van der Waals surface area contributed by atoms with E-state index < -0.39 is 5.67 Å². The molecule has 2 aliphatic carbocycles. The first-order valence-electron chi connectivity index (χ1n) is 6.00. The van der Waals surface area contributed by atoms with Crippen LogP contribution in [0.25, 0.3) is 0 Å². The van der Waals surface area contributed by atoms with Crippen molar-refractivity contribution in [2.75, 3.05) is 0 Å². The standard InChI is InChI=1S/C12H22FN/c1-9-3-5-10(6-4-9)14-11-7-12(2,13)8-11/h9-11,14H,3-8H2,1-2H3. The Morgan fingerprint density at radius 3 is 2.14 bits per heavy atom. The second kappa shape index (κ2) is 3.80. The van der Waals surface area contributed by atoms with Gasteiger partial charge in [0.2, 0.25) is 0 Å². The van der Waals surface area contributed by atoms with Gasteiger partial charge < -0.3 is 5.32 Å². The topological polar surface area (TPSA) is 12.0 Å². The Hall–Kier alpha value is -0.110. The number of rotatable bonds is 2. The lowest BCUT2D eigenvalue weighted by atomic mass is 9.77. The molecule has 2 aliphatic rings. The van der Waals surface area contributed by atoms with Crippen molar-refractivity contribution in [2.24, 2.45) is 5.92 Å². The van der Waals surface area contributed by atoms with Gasteiger partial charge >= 0.3 is 0 Å². The Bertz CT molecular complexity index is 186. The molecular formula is C12H22FN. The Morgan fingerprint density at radius 2 is 1.64 bits per heavy atom. The second-order valence-corrected chi connectivity index (χ2v) is 5.64.